The van der Waals surface area contributed by atoms with Crippen LogP contribution in [-0.2, 0) is 0 Å². The van der Waals surface area contributed by atoms with E-state index in [4.69, 9.17) is 0 Å². The van der Waals surface area contributed by atoms with Crippen LogP contribution in [0.1, 0.15) is 16.8 Å². The van der Waals surface area contributed by atoms with Crippen LogP contribution in [0.5, 0.6) is 0 Å². The second kappa shape index (κ2) is 7.61. The van der Waals surface area contributed by atoms with Gasteiger partial charge in [-0.15, -0.1) is 0 Å². The van der Waals surface area contributed by atoms with Crippen molar-refractivity contribution in [2.24, 2.45) is 0 Å². The molecule has 2 heterocycles. The number of aromatic nitrogens is 2. The third-order valence-electron chi connectivity index (χ3n) is 5.06. The van der Waals surface area contributed by atoms with E-state index >= 15 is 0 Å². The Hall–Kier alpha value is -3.91. The van der Waals surface area contributed by atoms with Crippen LogP contribution >= 0.6 is 0 Å². The molecule has 5 aromatic rings. The SMILES string of the molecule is C(=C(/c1ccccc1)c1cc2ccccc2n1-c1ccccn1)/c1ccccc1. The fraction of sp³-hybridized carbons (Fsp3) is 0. The average molecular weight is 372 g/mol. The molecule has 138 valence electrons. The van der Waals surface area contributed by atoms with Crippen molar-refractivity contribution in [3.05, 3.63) is 132 Å². The predicted octanol–water partition coefficient (Wildman–Crippen LogP) is 6.61. The van der Waals surface area contributed by atoms with Gasteiger partial charge in [-0.3, -0.25) is 4.57 Å². The molecule has 0 aliphatic heterocycles. The monoisotopic (exact) mass is 372 g/mol. The minimum absolute atomic E-state index is 0.915. The number of hydrogen-bond donors (Lipinski definition) is 0. The lowest BCUT2D eigenvalue weighted by atomic mass is 9.99. The fourth-order valence-corrected chi connectivity index (χ4v) is 3.72. The van der Waals surface area contributed by atoms with Gasteiger partial charge >= 0.3 is 0 Å². The van der Waals surface area contributed by atoms with E-state index in [1.165, 1.54) is 22.1 Å². The summed E-state index contributed by atoms with van der Waals surface area (Å²) in [4.78, 5) is 4.65. The second-order valence-corrected chi connectivity index (χ2v) is 6.95. The van der Waals surface area contributed by atoms with E-state index in [2.05, 4.69) is 107 Å². The summed E-state index contributed by atoms with van der Waals surface area (Å²) in [7, 11) is 0. The van der Waals surface area contributed by atoms with E-state index in [1.807, 2.05) is 24.4 Å². The Labute approximate surface area is 170 Å². The van der Waals surface area contributed by atoms with Crippen molar-refractivity contribution in [1.29, 1.82) is 0 Å². The highest BCUT2D eigenvalue weighted by Gasteiger charge is 2.16. The zero-order valence-electron chi connectivity index (χ0n) is 15.9. The summed E-state index contributed by atoms with van der Waals surface area (Å²) < 4.78 is 2.25. The smallest absolute Gasteiger partial charge is 0.137 e. The molecular formula is C27H20N2. The summed E-state index contributed by atoms with van der Waals surface area (Å²) in [6.45, 7) is 0. The van der Waals surface area contributed by atoms with Gasteiger partial charge in [0.2, 0.25) is 0 Å². The molecular weight excluding hydrogens is 352 g/mol. The van der Waals surface area contributed by atoms with Crippen molar-refractivity contribution in [3.8, 4) is 5.82 Å². The Morgan fingerprint density at radius 1 is 0.690 bits per heavy atom. The molecule has 0 aliphatic rings. The lowest BCUT2D eigenvalue weighted by Gasteiger charge is -2.14. The third kappa shape index (κ3) is 3.37. The second-order valence-electron chi connectivity index (χ2n) is 6.95. The molecule has 0 fully saturated rings. The van der Waals surface area contributed by atoms with Crippen LogP contribution in [0.15, 0.2) is 115 Å². The van der Waals surface area contributed by atoms with Crippen LogP contribution in [0.25, 0.3) is 28.4 Å². The van der Waals surface area contributed by atoms with Crippen LogP contribution in [0.4, 0.5) is 0 Å². The molecule has 0 amide bonds. The highest BCUT2D eigenvalue weighted by Crippen LogP contribution is 2.33. The molecule has 2 heteroatoms. The van der Waals surface area contributed by atoms with Crippen LogP contribution in [0.3, 0.4) is 0 Å². The van der Waals surface area contributed by atoms with Crippen molar-refractivity contribution in [2.75, 3.05) is 0 Å². The Morgan fingerprint density at radius 3 is 2.14 bits per heavy atom. The summed E-state index contributed by atoms with van der Waals surface area (Å²) in [5, 5.41) is 1.20. The van der Waals surface area contributed by atoms with E-state index in [9.17, 15) is 0 Å². The van der Waals surface area contributed by atoms with E-state index in [-0.39, 0.29) is 0 Å². The minimum Gasteiger partial charge on any atom is -0.294 e. The molecule has 0 radical (unpaired) electrons. The fourth-order valence-electron chi connectivity index (χ4n) is 3.72. The average Bonchev–Trinajstić information content (AvgIpc) is 3.18. The van der Waals surface area contributed by atoms with Gasteiger partial charge < -0.3 is 0 Å². The normalized spacial score (nSPS) is 11.7. The number of rotatable bonds is 4. The molecule has 5 rings (SSSR count). The maximum Gasteiger partial charge on any atom is 0.137 e. The quantitative estimate of drug-likeness (QED) is 0.324. The first-order chi connectivity index (χ1) is 14.4. The van der Waals surface area contributed by atoms with Gasteiger partial charge in [-0.1, -0.05) is 84.9 Å². The Kier molecular flexibility index (Phi) is 4.51. The number of para-hydroxylation sites is 1. The minimum atomic E-state index is 0.915. The largest absolute Gasteiger partial charge is 0.294 e. The number of benzene rings is 3. The molecule has 0 bridgehead atoms. The van der Waals surface area contributed by atoms with Gasteiger partial charge in [-0.05, 0) is 41.5 Å². The summed E-state index contributed by atoms with van der Waals surface area (Å²) in [5.74, 6) is 0.915. The first-order valence-electron chi connectivity index (χ1n) is 9.74. The van der Waals surface area contributed by atoms with Gasteiger partial charge in [0.05, 0.1) is 11.2 Å². The Balaban J connectivity index is 1.82. The van der Waals surface area contributed by atoms with E-state index in [0.717, 1.165) is 17.0 Å². The van der Waals surface area contributed by atoms with Crippen molar-refractivity contribution in [3.63, 3.8) is 0 Å². The lowest BCUT2D eigenvalue weighted by Crippen LogP contribution is -2.02. The van der Waals surface area contributed by atoms with Crippen molar-refractivity contribution in [1.82, 2.24) is 9.55 Å². The topological polar surface area (TPSA) is 17.8 Å². The summed E-state index contributed by atoms with van der Waals surface area (Å²) >= 11 is 0. The zero-order valence-corrected chi connectivity index (χ0v) is 15.9. The lowest BCUT2D eigenvalue weighted by molar-refractivity contribution is 1.02. The van der Waals surface area contributed by atoms with E-state index in [1.54, 1.807) is 0 Å². The maximum atomic E-state index is 4.65. The van der Waals surface area contributed by atoms with Crippen LogP contribution in [-0.4, -0.2) is 9.55 Å². The molecule has 0 N–H and O–H groups in total. The number of pyridine rings is 1. The summed E-state index contributed by atoms with van der Waals surface area (Å²) in [6, 6.07) is 37.8. The molecule has 0 atom stereocenters. The maximum absolute atomic E-state index is 4.65. The van der Waals surface area contributed by atoms with Gasteiger partial charge in [0, 0.05) is 17.2 Å². The highest BCUT2D eigenvalue weighted by atomic mass is 15.1. The number of nitrogens with zero attached hydrogens (tertiary/aromatic N) is 2. The third-order valence-corrected chi connectivity index (χ3v) is 5.06. The van der Waals surface area contributed by atoms with Gasteiger partial charge in [0.25, 0.3) is 0 Å². The molecule has 29 heavy (non-hydrogen) atoms. The van der Waals surface area contributed by atoms with Crippen molar-refractivity contribution in [2.45, 2.75) is 0 Å². The van der Waals surface area contributed by atoms with Crippen LogP contribution < -0.4 is 0 Å². The van der Waals surface area contributed by atoms with Gasteiger partial charge in [0.15, 0.2) is 0 Å². The van der Waals surface area contributed by atoms with Gasteiger partial charge in [-0.2, -0.15) is 0 Å². The Morgan fingerprint density at radius 2 is 1.38 bits per heavy atom. The summed E-state index contributed by atoms with van der Waals surface area (Å²) in [6.07, 6.45) is 4.10. The van der Waals surface area contributed by atoms with Crippen molar-refractivity contribution < 1.29 is 0 Å². The first kappa shape index (κ1) is 17.2. The van der Waals surface area contributed by atoms with Crippen LogP contribution in [0.2, 0.25) is 0 Å². The van der Waals surface area contributed by atoms with E-state index in [0.29, 0.717) is 0 Å². The summed E-state index contributed by atoms with van der Waals surface area (Å²) in [5.41, 5.74) is 5.79. The molecule has 0 spiro atoms. The molecule has 0 saturated heterocycles. The molecule has 3 aromatic carbocycles. The predicted molar refractivity (Wildman–Crippen MR) is 121 cm³/mol. The molecule has 2 aromatic heterocycles. The van der Waals surface area contributed by atoms with Gasteiger partial charge in [0.1, 0.15) is 5.82 Å². The number of fused-ring (bicyclic) bond motifs is 1. The van der Waals surface area contributed by atoms with Crippen molar-refractivity contribution >= 4 is 22.6 Å². The van der Waals surface area contributed by atoms with Gasteiger partial charge in [-0.25, -0.2) is 4.98 Å². The first-order valence-corrected chi connectivity index (χ1v) is 9.74. The van der Waals surface area contributed by atoms with Crippen LogP contribution in [0, 0.1) is 0 Å². The van der Waals surface area contributed by atoms with E-state index < -0.39 is 0 Å². The standard InChI is InChI=1S/C27H20N2/c1-3-11-21(12-4-1)19-24(22-13-5-2-6-14-22)26-20-23-15-7-8-16-25(23)29(26)27-17-9-10-18-28-27/h1-20H/b24-19+. The highest BCUT2D eigenvalue weighted by molar-refractivity contribution is 5.96. The molecule has 2 nitrogen and oxygen atoms in total. The molecule has 0 aliphatic carbocycles. The molecule has 0 unspecified atom stereocenters. The molecule has 0 saturated carbocycles. The Bertz CT molecular complexity index is 1270. The number of hydrogen-bond acceptors (Lipinski definition) is 1. The zero-order chi connectivity index (χ0) is 19.5.